The van der Waals surface area contributed by atoms with Gasteiger partial charge in [0.25, 0.3) is 0 Å². The summed E-state index contributed by atoms with van der Waals surface area (Å²) in [5.41, 5.74) is 3.18. The fourth-order valence-electron chi connectivity index (χ4n) is 3.90. The summed E-state index contributed by atoms with van der Waals surface area (Å²) in [6, 6.07) is 14.6. The van der Waals surface area contributed by atoms with Crippen LogP contribution in [0.15, 0.2) is 42.5 Å². The lowest BCUT2D eigenvalue weighted by molar-refractivity contribution is 0.112. The van der Waals surface area contributed by atoms with Crippen LogP contribution in [0.2, 0.25) is 0 Å². The fraction of sp³-hybridized carbons (Fsp3) is 0.381. The van der Waals surface area contributed by atoms with E-state index in [0.29, 0.717) is 0 Å². The van der Waals surface area contributed by atoms with Gasteiger partial charge in [0, 0.05) is 60.1 Å². The van der Waals surface area contributed by atoms with Crippen molar-refractivity contribution in [3.8, 4) is 0 Å². The number of carbonyl (C=O) groups is 1. The van der Waals surface area contributed by atoms with Crippen LogP contribution in [-0.2, 0) is 6.54 Å². The van der Waals surface area contributed by atoms with Crippen molar-refractivity contribution in [2.45, 2.75) is 13.0 Å². The van der Waals surface area contributed by atoms with Crippen LogP contribution in [0.5, 0.6) is 0 Å². The number of nitrogens with zero attached hydrogens (tertiary/aromatic N) is 3. The molecule has 0 aliphatic carbocycles. The molecule has 1 fully saturated rings. The summed E-state index contributed by atoms with van der Waals surface area (Å²) in [5, 5.41) is 2.51. The second-order valence-corrected chi connectivity index (χ2v) is 7.06. The number of rotatable bonds is 5. The lowest BCUT2D eigenvalue weighted by Gasteiger charge is -2.32. The van der Waals surface area contributed by atoms with Crippen molar-refractivity contribution in [2.24, 2.45) is 0 Å². The molecule has 0 radical (unpaired) electrons. The number of aryl methyl sites for hydroxylation is 1. The molecule has 0 spiro atoms. The SMILES string of the molecule is CN1CCN(CCCn2c3ccccc3c3ccc(C=O)cc32)CC1. The molecule has 4 rings (SSSR count). The number of hydrogen-bond acceptors (Lipinski definition) is 3. The first kappa shape index (κ1) is 16.3. The molecule has 0 unspecified atom stereocenters. The van der Waals surface area contributed by atoms with Gasteiger partial charge in [-0.3, -0.25) is 4.79 Å². The Bertz CT molecular complexity index is 891. The van der Waals surface area contributed by atoms with Gasteiger partial charge in [0.05, 0.1) is 0 Å². The van der Waals surface area contributed by atoms with Gasteiger partial charge in [-0.25, -0.2) is 0 Å². The second-order valence-electron chi connectivity index (χ2n) is 7.06. The molecule has 130 valence electrons. The molecule has 1 aliphatic heterocycles. The second kappa shape index (κ2) is 6.98. The molecule has 3 aromatic rings. The Morgan fingerprint density at radius 1 is 0.920 bits per heavy atom. The van der Waals surface area contributed by atoms with Crippen molar-refractivity contribution in [1.82, 2.24) is 14.4 Å². The van der Waals surface area contributed by atoms with E-state index in [0.717, 1.165) is 44.4 Å². The van der Waals surface area contributed by atoms with E-state index in [-0.39, 0.29) is 0 Å². The van der Waals surface area contributed by atoms with Crippen LogP contribution >= 0.6 is 0 Å². The summed E-state index contributed by atoms with van der Waals surface area (Å²) in [7, 11) is 2.19. The minimum atomic E-state index is 0.746. The number of benzene rings is 2. The molecular formula is C21H25N3O. The van der Waals surface area contributed by atoms with Gasteiger partial charge in [0.2, 0.25) is 0 Å². The number of piperazine rings is 1. The molecule has 0 bridgehead atoms. The van der Waals surface area contributed by atoms with Crippen molar-refractivity contribution >= 4 is 28.1 Å². The predicted octanol–water partition coefficient (Wildman–Crippen LogP) is 3.24. The van der Waals surface area contributed by atoms with E-state index in [1.165, 1.54) is 34.9 Å². The summed E-state index contributed by atoms with van der Waals surface area (Å²) >= 11 is 0. The zero-order chi connectivity index (χ0) is 17.2. The quantitative estimate of drug-likeness (QED) is 0.670. The van der Waals surface area contributed by atoms with Crippen LogP contribution in [0, 0.1) is 0 Å². The molecule has 0 saturated carbocycles. The van der Waals surface area contributed by atoms with Gasteiger partial charge in [-0.05, 0) is 32.1 Å². The standard InChI is InChI=1S/C21H25N3O/c1-22-11-13-23(14-12-22)9-4-10-24-20-6-3-2-5-18(20)19-8-7-17(16-25)15-21(19)24/h2-3,5-8,15-16H,4,9-14H2,1H3. The summed E-state index contributed by atoms with van der Waals surface area (Å²) in [6.07, 6.45) is 2.06. The summed E-state index contributed by atoms with van der Waals surface area (Å²) in [5.74, 6) is 0. The van der Waals surface area contributed by atoms with Gasteiger partial charge in [0.15, 0.2) is 0 Å². The van der Waals surface area contributed by atoms with Crippen LogP contribution in [0.25, 0.3) is 21.8 Å². The number of hydrogen-bond donors (Lipinski definition) is 0. The largest absolute Gasteiger partial charge is 0.340 e. The average molecular weight is 335 g/mol. The third-order valence-electron chi connectivity index (χ3n) is 5.39. The first-order chi connectivity index (χ1) is 12.3. The lowest BCUT2D eigenvalue weighted by Crippen LogP contribution is -2.44. The van der Waals surface area contributed by atoms with Gasteiger partial charge in [0.1, 0.15) is 6.29 Å². The Balaban J connectivity index is 1.59. The van der Waals surface area contributed by atoms with Crippen molar-refractivity contribution < 1.29 is 4.79 Å². The Morgan fingerprint density at radius 2 is 1.68 bits per heavy atom. The highest BCUT2D eigenvalue weighted by atomic mass is 16.1. The lowest BCUT2D eigenvalue weighted by atomic mass is 10.1. The smallest absolute Gasteiger partial charge is 0.150 e. The van der Waals surface area contributed by atoms with Crippen LogP contribution in [-0.4, -0.2) is 60.4 Å². The molecule has 0 N–H and O–H groups in total. The zero-order valence-electron chi connectivity index (χ0n) is 14.8. The maximum Gasteiger partial charge on any atom is 0.150 e. The maximum absolute atomic E-state index is 11.2. The highest BCUT2D eigenvalue weighted by Crippen LogP contribution is 2.29. The number of aldehydes is 1. The summed E-state index contributed by atoms with van der Waals surface area (Å²) in [6.45, 7) is 6.78. The third kappa shape index (κ3) is 3.20. The number of likely N-dealkylation sites (N-methyl/N-ethyl adjacent to an activating group) is 1. The molecule has 1 saturated heterocycles. The molecule has 0 atom stereocenters. The van der Waals surface area contributed by atoms with E-state index in [1.54, 1.807) is 0 Å². The van der Waals surface area contributed by atoms with Gasteiger partial charge in [-0.15, -0.1) is 0 Å². The normalized spacial score (nSPS) is 16.7. The van der Waals surface area contributed by atoms with Crippen molar-refractivity contribution in [3.05, 3.63) is 48.0 Å². The zero-order valence-corrected chi connectivity index (χ0v) is 14.8. The minimum Gasteiger partial charge on any atom is -0.340 e. The van der Waals surface area contributed by atoms with Crippen molar-refractivity contribution in [2.75, 3.05) is 39.8 Å². The summed E-state index contributed by atoms with van der Waals surface area (Å²) in [4.78, 5) is 16.2. The third-order valence-corrected chi connectivity index (χ3v) is 5.39. The number of carbonyl (C=O) groups excluding carboxylic acids is 1. The highest BCUT2D eigenvalue weighted by molar-refractivity contribution is 6.09. The van der Waals surface area contributed by atoms with E-state index < -0.39 is 0 Å². The van der Waals surface area contributed by atoms with Crippen molar-refractivity contribution in [3.63, 3.8) is 0 Å². The molecular weight excluding hydrogens is 310 g/mol. The first-order valence-corrected chi connectivity index (χ1v) is 9.13. The van der Waals surface area contributed by atoms with Crippen LogP contribution in [0.4, 0.5) is 0 Å². The Labute approximate surface area is 148 Å². The number of aromatic nitrogens is 1. The monoisotopic (exact) mass is 335 g/mol. The van der Waals surface area contributed by atoms with Crippen LogP contribution in [0.1, 0.15) is 16.8 Å². The maximum atomic E-state index is 11.2. The van der Waals surface area contributed by atoms with Gasteiger partial charge in [-0.1, -0.05) is 30.3 Å². The summed E-state index contributed by atoms with van der Waals surface area (Å²) < 4.78 is 2.38. The Morgan fingerprint density at radius 3 is 2.48 bits per heavy atom. The number of para-hydroxylation sites is 1. The first-order valence-electron chi connectivity index (χ1n) is 9.13. The van der Waals surface area contributed by atoms with E-state index in [4.69, 9.17) is 0 Å². The Kier molecular flexibility index (Phi) is 4.55. The molecule has 1 aromatic heterocycles. The molecule has 0 amide bonds. The number of fused-ring (bicyclic) bond motifs is 3. The van der Waals surface area contributed by atoms with E-state index >= 15 is 0 Å². The molecule has 4 heteroatoms. The highest BCUT2D eigenvalue weighted by Gasteiger charge is 2.14. The average Bonchev–Trinajstić information content (AvgIpc) is 2.97. The van der Waals surface area contributed by atoms with Gasteiger partial charge < -0.3 is 14.4 Å². The predicted molar refractivity (Wildman–Crippen MR) is 103 cm³/mol. The molecule has 2 heterocycles. The van der Waals surface area contributed by atoms with Gasteiger partial charge >= 0.3 is 0 Å². The van der Waals surface area contributed by atoms with Gasteiger partial charge in [-0.2, -0.15) is 0 Å². The van der Waals surface area contributed by atoms with E-state index in [2.05, 4.69) is 51.7 Å². The molecule has 25 heavy (non-hydrogen) atoms. The van der Waals surface area contributed by atoms with E-state index in [9.17, 15) is 4.79 Å². The topological polar surface area (TPSA) is 28.5 Å². The molecule has 4 nitrogen and oxygen atoms in total. The van der Waals surface area contributed by atoms with E-state index in [1.807, 2.05) is 12.1 Å². The fourth-order valence-corrected chi connectivity index (χ4v) is 3.90. The minimum absolute atomic E-state index is 0.746. The van der Waals surface area contributed by atoms with Crippen molar-refractivity contribution in [1.29, 1.82) is 0 Å². The van der Waals surface area contributed by atoms with Crippen LogP contribution < -0.4 is 0 Å². The van der Waals surface area contributed by atoms with Crippen LogP contribution in [0.3, 0.4) is 0 Å². The molecule has 2 aromatic carbocycles. The molecule has 1 aliphatic rings. The Hall–Kier alpha value is -2.17.